The highest BCUT2D eigenvalue weighted by molar-refractivity contribution is 5.98. The lowest BCUT2D eigenvalue weighted by molar-refractivity contribution is -0.134. The Balaban J connectivity index is 2.12. The molecule has 2 rings (SSSR count). The molecular weight excluding hydrogens is 272 g/mol. The second-order valence-electron chi connectivity index (χ2n) is 5.40. The maximum atomic E-state index is 12.3. The molecule has 112 valence electrons. The van der Waals surface area contributed by atoms with Crippen LogP contribution in [0.2, 0.25) is 0 Å². The van der Waals surface area contributed by atoms with E-state index < -0.39 is 12.0 Å². The van der Waals surface area contributed by atoms with Crippen LogP contribution in [0, 0.1) is 5.92 Å². The largest absolute Gasteiger partial charge is 0.478 e. The number of benzene rings is 1. The van der Waals surface area contributed by atoms with Crippen LogP contribution in [-0.2, 0) is 9.59 Å². The van der Waals surface area contributed by atoms with Crippen molar-refractivity contribution in [1.82, 2.24) is 4.90 Å². The number of aromatic carboxylic acids is 1. The van der Waals surface area contributed by atoms with Crippen molar-refractivity contribution < 1.29 is 19.5 Å². The lowest BCUT2D eigenvalue weighted by Crippen LogP contribution is -2.42. The highest BCUT2D eigenvalue weighted by Crippen LogP contribution is 2.24. The molecule has 21 heavy (non-hydrogen) atoms. The van der Waals surface area contributed by atoms with E-state index in [0.717, 1.165) is 0 Å². The molecule has 1 saturated heterocycles. The number of carboxylic acid groups (broad SMARTS) is 1. The predicted molar refractivity (Wildman–Crippen MR) is 77.0 cm³/mol. The van der Waals surface area contributed by atoms with Crippen molar-refractivity contribution in [2.75, 3.05) is 11.9 Å². The fraction of sp³-hybridized carbons (Fsp3) is 0.400. The molecule has 0 saturated carbocycles. The molecule has 0 aliphatic carbocycles. The summed E-state index contributed by atoms with van der Waals surface area (Å²) in [5.41, 5.74) is 0.527. The standard InChI is InChI=1S/C15H18N2O4/c1-9-6-13(17(8-9)10(2)18)14(19)16-12-5-3-4-11(7-12)15(20)21/h3-5,7,9,13H,6,8H2,1-2H3,(H,16,19)(H,20,21)/t9-,13-/m0/s1. The van der Waals surface area contributed by atoms with Crippen LogP contribution in [0.1, 0.15) is 30.6 Å². The first-order valence-electron chi connectivity index (χ1n) is 6.80. The van der Waals surface area contributed by atoms with Gasteiger partial charge in [-0.05, 0) is 30.5 Å². The summed E-state index contributed by atoms with van der Waals surface area (Å²) in [5, 5.41) is 11.6. The summed E-state index contributed by atoms with van der Waals surface area (Å²) in [6.45, 7) is 4.01. The Morgan fingerprint density at radius 3 is 2.67 bits per heavy atom. The van der Waals surface area contributed by atoms with Gasteiger partial charge in [0, 0.05) is 19.2 Å². The molecule has 1 aliphatic heterocycles. The van der Waals surface area contributed by atoms with Crippen LogP contribution in [0.25, 0.3) is 0 Å². The van der Waals surface area contributed by atoms with Crippen molar-refractivity contribution in [3.05, 3.63) is 29.8 Å². The number of carboxylic acids is 1. The van der Waals surface area contributed by atoms with Gasteiger partial charge in [0.15, 0.2) is 0 Å². The molecular formula is C15H18N2O4. The van der Waals surface area contributed by atoms with Crippen molar-refractivity contribution in [2.24, 2.45) is 5.92 Å². The molecule has 1 heterocycles. The normalized spacial score (nSPS) is 21.1. The fourth-order valence-corrected chi connectivity index (χ4v) is 2.60. The minimum Gasteiger partial charge on any atom is -0.478 e. The zero-order valence-corrected chi connectivity index (χ0v) is 12.0. The number of rotatable bonds is 3. The Hall–Kier alpha value is -2.37. The van der Waals surface area contributed by atoms with Gasteiger partial charge in [-0.2, -0.15) is 0 Å². The quantitative estimate of drug-likeness (QED) is 0.885. The number of nitrogens with one attached hydrogen (secondary N) is 1. The van der Waals surface area contributed by atoms with Crippen LogP contribution >= 0.6 is 0 Å². The van der Waals surface area contributed by atoms with E-state index in [2.05, 4.69) is 5.32 Å². The summed E-state index contributed by atoms with van der Waals surface area (Å²) < 4.78 is 0. The van der Waals surface area contributed by atoms with E-state index in [9.17, 15) is 14.4 Å². The summed E-state index contributed by atoms with van der Waals surface area (Å²) in [4.78, 5) is 36.3. The fourth-order valence-electron chi connectivity index (χ4n) is 2.60. The average Bonchev–Trinajstić information content (AvgIpc) is 2.81. The van der Waals surface area contributed by atoms with Gasteiger partial charge in [-0.25, -0.2) is 4.79 Å². The van der Waals surface area contributed by atoms with Crippen molar-refractivity contribution in [1.29, 1.82) is 0 Å². The van der Waals surface area contributed by atoms with Gasteiger partial charge in [0.25, 0.3) is 0 Å². The van der Waals surface area contributed by atoms with Crippen LogP contribution in [0.3, 0.4) is 0 Å². The lowest BCUT2D eigenvalue weighted by Gasteiger charge is -2.22. The minimum atomic E-state index is -1.05. The van der Waals surface area contributed by atoms with Crippen LogP contribution < -0.4 is 5.32 Å². The Bertz CT molecular complexity index is 585. The van der Waals surface area contributed by atoms with Gasteiger partial charge in [0.2, 0.25) is 11.8 Å². The topological polar surface area (TPSA) is 86.7 Å². The smallest absolute Gasteiger partial charge is 0.335 e. The zero-order chi connectivity index (χ0) is 15.6. The number of amides is 2. The summed E-state index contributed by atoms with van der Waals surface area (Å²) >= 11 is 0. The molecule has 0 spiro atoms. The zero-order valence-electron chi connectivity index (χ0n) is 12.0. The average molecular weight is 290 g/mol. The van der Waals surface area contributed by atoms with Crippen LogP contribution in [0.15, 0.2) is 24.3 Å². The molecule has 0 bridgehead atoms. The molecule has 2 atom stereocenters. The van der Waals surface area contributed by atoms with Gasteiger partial charge in [-0.3, -0.25) is 9.59 Å². The van der Waals surface area contributed by atoms with Crippen molar-refractivity contribution in [3.63, 3.8) is 0 Å². The number of carbonyl (C=O) groups is 3. The maximum absolute atomic E-state index is 12.3. The number of hydrogen-bond donors (Lipinski definition) is 2. The molecule has 6 nitrogen and oxygen atoms in total. The number of nitrogens with zero attached hydrogens (tertiary/aromatic N) is 1. The van der Waals surface area contributed by atoms with Crippen LogP contribution in [0.4, 0.5) is 5.69 Å². The Labute approximate surface area is 122 Å². The molecule has 2 N–H and O–H groups in total. The highest BCUT2D eigenvalue weighted by atomic mass is 16.4. The van der Waals surface area contributed by atoms with Gasteiger partial charge in [0.05, 0.1) is 5.56 Å². The minimum absolute atomic E-state index is 0.107. The first-order chi connectivity index (χ1) is 9.88. The number of anilines is 1. The second-order valence-corrected chi connectivity index (χ2v) is 5.40. The number of carbonyl (C=O) groups excluding carboxylic acids is 2. The summed E-state index contributed by atoms with van der Waals surface area (Å²) in [7, 11) is 0. The summed E-state index contributed by atoms with van der Waals surface area (Å²) in [6.07, 6.45) is 0.615. The van der Waals surface area contributed by atoms with E-state index in [4.69, 9.17) is 5.11 Å². The molecule has 1 fully saturated rings. The molecule has 0 aromatic heterocycles. The Morgan fingerprint density at radius 1 is 1.33 bits per heavy atom. The van der Waals surface area contributed by atoms with E-state index in [1.807, 2.05) is 6.92 Å². The van der Waals surface area contributed by atoms with E-state index in [1.165, 1.54) is 19.1 Å². The molecule has 0 unspecified atom stereocenters. The molecule has 6 heteroatoms. The monoisotopic (exact) mass is 290 g/mol. The van der Waals surface area contributed by atoms with E-state index in [0.29, 0.717) is 18.7 Å². The lowest BCUT2D eigenvalue weighted by atomic mass is 10.1. The number of hydrogen-bond acceptors (Lipinski definition) is 3. The van der Waals surface area contributed by atoms with Crippen molar-refractivity contribution >= 4 is 23.5 Å². The molecule has 0 radical (unpaired) electrons. The third-order valence-corrected chi connectivity index (χ3v) is 3.59. The van der Waals surface area contributed by atoms with Crippen molar-refractivity contribution in [3.8, 4) is 0 Å². The maximum Gasteiger partial charge on any atom is 0.335 e. The van der Waals surface area contributed by atoms with Gasteiger partial charge < -0.3 is 15.3 Å². The van der Waals surface area contributed by atoms with E-state index in [-0.39, 0.29) is 23.3 Å². The first-order valence-corrected chi connectivity index (χ1v) is 6.80. The predicted octanol–water partition coefficient (Wildman–Crippen LogP) is 1.58. The van der Waals surface area contributed by atoms with Crippen LogP contribution in [0.5, 0.6) is 0 Å². The Kier molecular flexibility index (Phi) is 4.26. The van der Waals surface area contributed by atoms with Gasteiger partial charge in [-0.1, -0.05) is 13.0 Å². The number of likely N-dealkylation sites (tertiary alicyclic amines) is 1. The SMILES string of the molecule is CC(=O)N1C[C@@H](C)C[C@H]1C(=O)Nc1cccc(C(=O)O)c1. The Morgan fingerprint density at radius 2 is 2.05 bits per heavy atom. The second kappa shape index (κ2) is 5.95. The van der Waals surface area contributed by atoms with Crippen molar-refractivity contribution in [2.45, 2.75) is 26.3 Å². The van der Waals surface area contributed by atoms with Gasteiger partial charge in [0.1, 0.15) is 6.04 Å². The summed E-state index contributed by atoms with van der Waals surface area (Å²) in [5.74, 6) is -1.18. The highest BCUT2D eigenvalue weighted by Gasteiger charge is 2.36. The third-order valence-electron chi connectivity index (χ3n) is 3.59. The third kappa shape index (κ3) is 3.39. The van der Waals surface area contributed by atoms with Gasteiger partial charge >= 0.3 is 5.97 Å². The first kappa shape index (κ1) is 15.0. The molecule has 1 aliphatic rings. The van der Waals surface area contributed by atoms with E-state index >= 15 is 0 Å². The molecule has 1 aromatic carbocycles. The van der Waals surface area contributed by atoms with Gasteiger partial charge in [-0.15, -0.1) is 0 Å². The summed E-state index contributed by atoms with van der Waals surface area (Å²) in [6, 6.07) is 5.56. The molecule has 2 amide bonds. The molecule has 1 aromatic rings. The van der Waals surface area contributed by atoms with E-state index in [1.54, 1.807) is 17.0 Å². The van der Waals surface area contributed by atoms with Crippen LogP contribution in [-0.4, -0.2) is 40.4 Å².